The van der Waals surface area contributed by atoms with Gasteiger partial charge in [0.1, 0.15) is 5.92 Å². The molecule has 108 valence electrons. The van der Waals surface area contributed by atoms with E-state index in [-0.39, 0.29) is 5.78 Å². The lowest BCUT2D eigenvalue weighted by molar-refractivity contribution is -0.119. The zero-order valence-electron chi connectivity index (χ0n) is 12.1. The van der Waals surface area contributed by atoms with Crippen LogP contribution in [0.1, 0.15) is 63.4 Å². The predicted octanol–water partition coefficient (Wildman–Crippen LogP) is 5.38. The third kappa shape index (κ3) is 5.88. The Balaban J connectivity index is 2.42. The van der Waals surface area contributed by atoms with E-state index in [4.69, 9.17) is 0 Å². The Morgan fingerprint density at radius 1 is 1.25 bits per heavy atom. The van der Waals surface area contributed by atoms with Gasteiger partial charge in [-0.1, -0.05) is 67.1 Å². The van der Waals surface area contributed by atoms with Gasteiger partial charge in [0.25, 0.3) is 0 Å². The molecule has 1 aromatic carbocycles. The van der Waals surface area contributed by atoms with Crippen molar-refractivity contribution in [2.45, 2.75) is 57.8 Å². The molecule has 0 N–H and O–H groups in total. The van der Waals surface area contributed by atoms with Crippen LogP contribution in [0.15, 0.2) is 28.7 Å². The Bertz CT molecular complexity index is 464. The van der Waals surface area contributed by atoms with Crippen molar-refractivity contribution in [2.75, 3.05) is 0 Å². The number of nitrogens with zero attached hydrogens (tertiary/aromatic N) is 1. The van der Waals surface area contributed by atoms with E-state index in [2.05, 4.69) is 28.9 Å². The molecule has 0 saturated carbocycles. The third-order valence-electron chi connectivity index (χ3n) is 3.41. The van der Waals surface area contributed by atoms with Crippen molar-refractivity contribution in [3.05, 3.63) is 34.3 Å². The lowest BCUT2D eigenvalue weighted by atomic mass is 9.93. The zero-order chi connectivity index (χ0) is 14.8. The van der Waals surface area contributed by atoms with Crippen LogP contribution in [-0.2, 0) is 4.79 Å². The zero-order valence-corrected chi connectivity index (χ0v) is 13.7. The maximum Gasteiger partial charge on any atom is 0.154 e. The van der Waals surface area contributed by atoms with E-state index < -0.39 is 5.92 Å². The highest BCUT2D eigenvalue weighted by Gasteiger charge is 2.19. The van der Waals surface area contributed by atoms with Crippen molar-refractivity contribution in [2.24, 2.45) is 0 Å². The van der Waals surface area contributed by atoms with Crippen LogP contribution in [0.5, 0.6) is 0 Å². The molecular formula is C17H22BrNO. The smallest absolute Gasteiger partial charge is 0.154 e. The molecule has 0 bridgehead atoms. The van der Waals surface area contributed by atoms with E-state index in [1.165, 1.54) is 25.7 Å². The quantitative estimate of drug-likeness (QED) is 0.568. The van der Waals surface area contributed by atoms with Crippen LogP contribution in [0.4, 0.5) is 0 Å². The van der Waals surface area contributed by atoms with Gasteiger partial charge in [-0.05, 0) is 24.1 Å². The first kappa shape index (κ1) is 16.9. The van der Waals surface area contributed by atoms with Gasteiger partial charge < -0.3 is 0 Å². The van der Waals surface area contributed by atoms with Gasteiger partial charge in [0.05, 0.1) is 6.07 Å². The Kier molecular flexibility index (Phi) is 8.22. The third-order valence-corrected chi connectivity index (χ3v) is 3.90. The van der Waals surface area contributed by atoms with Crippen LogP contribution in [0.25, 0.3) is 0 Å². The second-order valence-corrected chi connectivity index (χ2v) is 6.02. The van der Waals surface area contributed by atoms with E-state index >= 15 is 0 Å². The van der Waals surface area contributed by atoms with E-state index in [0.717, 1.165) is 22.9 Å². The van der Waals surface area contributed by atoms with Crippen molar-refractivity contribution in [3.8, 4) is 6.07 Å². The highest BCUT2D eigenvalue weighted by Crippen LogP contribution is 2.22. The first-order chi connectivity index (χ1) is 9.69. The fourth-order valence-corrected chi connectivity index (χ4v) is 2.66. The van der Waals surface area contributed by atoms with Crippen LogP contribution in [0.2, 0.25) is 0 Å². The van der Waals surface area contributed by atoms with E-state index in [1.807, 2.05) is 24.3 Å². The van der Waals surface area contributed by atoms with Crippen molar-refractivity contribution in [3.63, 3.8) is 0 Å². The number of nitriles is 1. The molecule has 20 heavy (non-hydrogen) atoms. The van der Waals surface area contributed by atoms with Crippen molar-refractivity contribution >= 4 is 21.7 Å². The molecule has 1 rings (SSSR count). The van der Waals surface area contributed by atoms with E-state index in [9.17, 15) is 10.1 Å². The molecule has 0 saturated heterocycles. The summed E-state index contributed by atoms with van der Waals surface area (Å²) in [6.45, 7) is 2.19. The summed E-state index contributed by atoms with van der Waals surface area (Å²) in [6, 6.07) is 9.60. The highest BCUT2D eigenvalue weighted by atomic mass is 79.9. The SMILES string of the molecule is CCCCCCCCC(=O)C(C#N)c1cccc(Br)c1. The van der Waals surface area contributed by atoms with Gasteiger partial charge in [-0.2, -0.15) is 5.26 Å². The molecule has 0 aliphatic carbocycles. The van der Waals surface area contributed by atoms with E-state index in [1.54, 1.807) is 0 Å². The monoisotopic (exact) mass is 335 g/mol. The molecule has 0 heterocycles. The van der Waals surface area contributed by atoms with Crippen molar-refractivity contribution in [1.29, 1.82) is 5.26 Å². The number of hydrogen-bond donors (Lipinski definition) is 0. The molecule has 0 amide bonds. The second-order valence-electron chi connectivity index (χ2n) is 5.10. The molecule has 0 aromatic heterocycles. The molecule has 0 fully saturated rings. The Morgan fingerprint density at radius 2 is 1.95 bits per heavy atom. The molecule has 1 atom stereocenters. The number of unbranched alkanes of at least 4 members (excludes halogenated alkanes) is 5. The summed E-state index contributed by atoms with van der Waals surface area (Å²) in [5.74, 6) is -0.579. The predicted molar refractivity (Wildman–Crippen MR) is 85.5 cm³/mol. The lowest BCUT2D eigenvalue weighted by Crippen LogP contribution is -2.10. The van der Waals surface area contributed by atoms with Gasteiger partial charge in [0.15, 0.2) is 5.78 Å². The van der Waals surface area contributed by atoms with Gasteiger partial charge in [-0.25, -0.2) is 0 Å². The molecule has 0 aliphatic rings. The van der Waals surface area contributed by atoms with Crippen LogP contribution < -0.4 is 0 Å². The summed E-state index contributed by atoms with van der Waals surface area (Å²) in [5, 5.41) is 9.23. The molecule has 1 aromatic rings. The number of ketones is 1. The number of carbonyl (C=O) groups is 1. The molecule has 2 nitrogen and oxygen atoms in total. The first-order valence-corrected chi connectivity index (χ1v) is 8.16. The van der Waals surface area contributed by atoms with Gasteiger partial charge in [0.2, 0.25) is 0 Å². The van der Waals surface area contributed by atoms with Gasteiger partial charge in [-0.3, -0.25) is 4.79 Å². The fourth-order valence-electron chi connectivity index (χ4n) is 2.24. The number of rotatable bonds is 9. The molecule has 3 heteroatoms. The molecule has 0 spiro atoms. The number of carbonyl (C=O) groups excluding carboxylic acids is 1. The first-order valence-electron chi connectivity index (χ1n) is 7.36. The van der Waals surface area contributed by atoms with Gasteiger partial charge in [-0.15, -0.1) is 0 Å². The number of hydrogen-bond acceptors (Lipinski definition) is 2. The van der Waals surface area contributed by atoms with Crippen molar-refractivity contribution < 1.29 is 4.79 Å². The maximum atomic E-state index is 12.1. The minimum atomic E-state index is -0.622. The van der Waals surface area contributed by atoms with E-state index in [0.29, 0.717) is 6.42 Å². The van der Waals surface area contributed by atoms with Crippen LogP contribution >= 0.6 is 15.9 Å². The average molecular weight is 336 g/mol. The molecule has 0 aliphatic heterocycles. The van der Waals surface area contributed by atoms with Crippen LogP contribution in [-0.4, -0.2) is 5.78 Å². The summed E-state index contributed by atoms with van der Waals surface area (Å²) in [6.07, 6.45) is 7.44. The highest BCUT2D eigenvalue weighted by molar-refractivity contribution is 9.10. The Hall–Kier alpha value is -1.14. The standard InChI is InChI=1S/C17H22BrNO/c1-2-3-4-5-6-7-11-17(20)16(13-19)14-9-8-10-15(18)12-14/h8-10,12,16H,2-7,11H2,1H3. The van der Waals surface area contributed by atoms with Crippen LogP contribution in [0, 0.1) is 11.3 Å². The summed E-state index contributed by atoms with van der Waals surface area (Å²) in [7, 11) is 0. The average Bonchev–Trinajstić information content (AvgIpc) is 2.43. The number of Topliss-reactive ketones (excluding diaryl/α,β-unsaturated/α-hetero) is 1. The summed E-state index contributed by atoms with van der Waals surface area (Å²) in [5.41, 5.74) is 0.790. The van der Waals surface area contributed by atoms with Crippen LogP contribution in [0.3, 0.4) is 0 Å². The molecular weight excluding hydrogens is 314 g/mol. The Labute approximate surface area is 130 Å². The minimum absolute atomic E-state index is 0.0427. The lowest BCUT2D eigenvalue weighted by Gasteiger charge is -2.09. The molecule has 0 radical (unpaired) electrons. The van der Waals surface area contributed by atoms with Crippen molar-refractivity contribution in [1.82, 2.24) is 0 Å². The normalized spacial score (nSPS) is 11.8. The Morgan fingerprint density at radius 3 is 2.60 bits per heavy atom. The van der Waals surface area contributed by atoms with Gasteiger partial charge in [0, 0.05) is 10.9 Å². The fraction of sp³-hybridized carbons (Fsp3) is 0.529. The topological polar surface area (TPSA) is 40.9 Å². The summed E-state index contributed by atoms with van der Waals surface area (Å²) >= 11 is 3.38. The number of benzene rings is 1. The maximum absolute atomic E-state index is 12.1. The minimum Gasteiger partial charge on any atom is -0.298 e. The summed E-state index contributed by atoms with van der Waals surface area (Å²) < 4.78 is 0.905. The second kappa shape index (κ2) is 9.72. The van der Waals surface area contributed by atoms with Gasteiger partial charge >= 0.3 is 0 Å². The molecule has 1 unspecified atom stereocenters. The number of halogens is 1. The largest absolute Gasteiger partial charge is 0.298 e. The summed E-state index contributed by atoms with van der Waals surface area (Å²) in [4.78, 5) is 12.1.